The first-order chi connectivity index (χ1) is 25.4. The summed E-state index contributed by atoms with van der Waals surface area (Å²) in [7, 11) is -0.904. The Kier molecular flexibility index (Phi) is 12.4. The third-order valence-electron chi connectivity index (χ3n) is 10.4. The Morgan fingerprint density at radius 2 is 1.42 bits per heavy atom. The number of likely N-dealkylation sites (N-methyl/N-ethyl adjacent to an activating group) is 1. The van der Waals surface area contributed by atoms with Gasteiger partial charge < -0.3 is 9.64 Å². The first-order valence-corrected chi connectivity index (χ1v) is 20.2. The molecular formula is C38H48Cl2N6O6S. The molecule has 3 heterocycles. The van der Waals surface area contributed by atoms with Crippen molar-refractivity contribution in [3.05, 3.63) is 93.0 Å². The lowest BCUT2D eigenvalue weighted by atomic mass is 9.95. The number of carbonyl (C=O) groups excluding carboxylic acids is 2. The molecule has 0 bridgehead atoms. The summed E-state index contributed by atoms with van der Waals surface area (Å²) in [6, 6.07) is 17.3. The number of ether oxygens (including phenoxy) is 1. The van der Waals surface area contributed by atoms with Gasteiger partial charge in [0.15, 0.2) is 5.66 Å². The number of carbonyl (C=O) groups is 2. The van der Waals surface area contributed by atoms with Crippen molar-refractivity contribution in [1.29, 1.82) is 0 Å². The number of amides is 2. The first-order valence-electron chi connectivity index (χ1n) is 18.0. The van der Waals surface area contributed by atoms with Crippen LogP contribution < -0.4 is 15.4 Å². The maximum absolute atomic E-state index is 15.4. The SMILES string of the molecule is CCOc1cc(C)c(S(=O)(=O)N2CCCCC2)cc1C1(C(=O)N2CCN(CC(=O)N(C)OC)CC2)N[C@H](c2ccc(Cl)cc2)[C@H](c2ccc(Cl)cc2)N1. The Morgan fingerprint density at radius 3 is 1.92 bits per heavy atom. The molecule has 0 radical (unpaired) electrons. The largest absolute Gasteiger partial charge is 0.493 e. The number of hydrogen-bond acceptors (Lipinski definition) is 9. The molecule has 53 heavy (non-hydrogen) atoms. The maximum atomic E-state index is 15.4. The van der Waals surface area contributed by atoms with Crippen molar-refractivity contribution >= 4 is 45.0 Å². The summed E-state index contributed by atoms with van der Waals surface area (Å²) < 4.78 is 36.5. The molecular weight excluding hydrogens is 739 g/mol. The van der Waals surface area contributed by atoms with Crippen molar-refractivity contribution in [2.24, 2.45) is 0 Å². The number of nitrogens with one attached hydrogen (secondary N) is 2. The number of sulfonamides is 1. The number of aryl methyl sites for hydroxylation is 1. The number of rotatable bonds is 11. The van der Waals surface area contributed by atoms with Gasteiger partial charge in [0.2, 0.25) is 10.0 Å². The third kappa shape index (κ3) is 8.23. The van der Waals surface area contributed by atoms with Crippen LogP contribution in [0.15, 0.2) is 65.6 Å². The molecule has 12 nitrogen and oxygen atoms in total. The van der Waals surface area contributed by atoms with Crippen LogP contribution in [-0.4, -0.2) is 106 Å². The molecule has 286 valence electrons. The molecule has 0 saturated carbocycles. The smallest absolute Gasteiger partial charge is 0.262 e. The molecule has 0 spiro atoms. The van der Waals surface area contributed by atoms with Gasteiger partial charge in [0, 0.05) is 61.9 Å². The van der Waals surface area contributed by atoms with Crippen LogP contribution in [0, 0.1) is 6.92 Å². The zero-order valence-electron chi connectivity index (χ0n) is 30.6. The number of piperazine rings is 1. The molecule has 3 fully saturated rings. The second kappa shape index (κ2) is 16.6. The van der Waals surface area contributed by atoms with E-state index in [1.807, 2.05) is 60.4 Å². The highest BCUT2D eigenvalue weighted by Gasteiger charge is 2.55. The van der Waals surface area contributed by atoms with E-state index in [9.17, 15) is 13.2 Å². The number of halogens is 2. The number of hydrogen-bond donors (Lipinski definition) is 2. The van der Waals surface area contributed by atoms with E-state index in [1.165, 1.54) is 12.2 Å². The molecule has 3 saturated heterocycles. The average molecular weight is 788 g/mol. The van der Waals surface area contributed by atoms with E-state index in [0.29, 0.717) is 72.8 Å². The number of piperidine rings is 1. The molecule has 2 N–H and O–H groups in total. The van der Waals surface area contributed by atoms with Crippen molar-refractivity contribution < 1.29 is 27.6 Å². The summed E-state index contributed by atoms with van der Waals surface area (Å²) in [5, 5.41) is 9.74. The van der Waals surface area contributed by atoms with Crippen LogP contribution in [0.1, 0.15) is 60.5 Å². The molecule has 3 atom stereocenters. The van der Waals surface area contributed by atoms with Crippen molar-refractivity contribution in [2.45, 2.75) is 55.8 Å². The van der Waals surface area contributed by atoms with Crippen LogP contribution in [-0.2, 0) is 30.1 Å². The van der Waals surface area contributed by atoms with Crippen molar-refractivity contribution in [1.82, 2.24) is 29.8 Å². The summed E-state index contributed by atoms with van der Waals surface area (Å²) in [5.41, 5.74) is 1.00. The van der Waals surface area contributed by atoms with Gasteiger partial charge in [-0.1, -0.05) is 53.9 Å². The molecule has 6 rings (SSSR count). The predicted molar refractivity (Wildman–Crippen MR) is 204 cm³/mol. The van der Waals surface area contributed by atoms with Crippen LogP contribution >= 0.6 is 23.2 Å². The van der Waals surface area contributed by atoms with E-state index in [1.54, 1.807) is 35.3 Å². The predicted octanol–water partition coefficient (Wildman–Crippen LogP) is 4.87. The second-order valence-corrected chi connectivity index (χ2v) is 16.5. The zero-order chi connectivity index (χ0) is 37.9. The molecule has 0 aliphatic carbocycles. The Hall–Kier alpha value is -3.27. The Bertz CT molecular complexity index is 1830. The molecule has 15 heteroatoms. The molecule has 0 aromatic heterocycles. The fraction of sp³-hybridized carbons (Fsp3) is 0.474. The third-order valence-corrected chi connectivity index (χ3v) is 13.0. The molecule has 3 aromatic carbocycles. The fourth-order valence-electron chi connectivity index (χ4n) is 7.45. The van der Waals surface area contributed by atoms with Crippen LogP contribution in [0.2, 0.25) is 10.0 Å². The number of nitrogens with zero attached hydrogens (tertiary/aromatic N) is 4. The quantitative estimate of drug-likeness (QED) is 0.262. The van der Waals surface area contributed by atoms with Crippen molar-refractivity contribution in [3.8, 4) is 5.75 Å². The maximum Gasteiger partial charge on any atom is 0.262 e. The summed E-state index contributed by atoms with van der Waals surface area (Å²) in [6.45, 7) is 6.51. The van der Waals surface area contributed by atoms with Gasteiger partial charge >= 0.3 is 0 Å². The summed E-state index contributed by atoms with van der Waals surface area (Å²) in [6.07, 6.45) is 2.56. The van der Waals surface area contributed by atoms with Gasteiger partial charge in [0.1, 0.15) is 5.75 Å². The minimum Gasteiger partial charge on any atom is -0.493 e. The summed E-state index contributed by atoms with van der Waals surface area (Å²) >= 11 is 12.7. The highest BCUT2D eigenvalue weighted by atomic mass is 35.5. The van der Waals surface area contributed by atoms with Crippen LogP contribution in [0.25, 0.3) is 0 Å². The van der Waals surface area contributed by atoms with Gasteiger partial charge in [-0.05, 0) is 79.8 Å². The lowest BCUT2D eigenvalue weighted by molar-refractivity contribution is -0.170. The topological polar surface area (TPSA) is 124 Å². The average Bonchev–Trinajstić information content (AvgIpc) is 3.57. The van der Waals surface area contributed by atoms with E-state index in [4.69, 9.17) is 32.8 Å². The van der Waals surface area contributed by atoms with Crippen LogP contribution in [0.3, 0.4) is 0 Å². The van der Waals surface area contributed by atoms with E-state index in [2.05, 4.69) is 10.6 Å². The molecule has 2 amide bonds. The summed E-state index contributed by atoms with van der Waals surface area (Å²) in [4.78, 5) is 37.0. The van der Waals surface area contributed by atoms with E-state index >= 15 is 4.79 Å². The highest BCUT2D eigenvalue weighted by Crippen LogP contribution is 2.46. The second-order valence-electron chi connectivity index (χ2n) is 13.8. The number of benzene rings is 3. The normalized spacial score (nSPS) is 22.9. The fourth-order valence-corrected chi connectivity index (χ4v) is 9.45. The monoisotopic (exact) mass is 786 g/mol. The van der Waals surface area contributed by atoms with Gasteiger partial charge in [-0.3, -0.25) is 30.0 Å². The van der Waals surface area contributed by atoms with Crippen molar-refractivity contribution in [3.63, 3.8) is 0 Å². The highest BCUT2D eigenvalue weighted by molar-refractivity contribution is 7.89. The van der Waals surface area contributed by atoms with E-state index < -0.39 is 27.8 Å². The molecule has 1 unspecified atom stereocenters. The minimum absolute atomic E-state index is 0.136. The lowest BCUT2D eigenvalue weighted by Crippen LogP contribution is -2.62. The first kappa shape index (κ1) is 39.4. The molecule has 3 aliphatic heterocycles. The van der Waals surface area contributed by atoms with E-state index in [0.717, 1.165) is 30.4 Å². The lowest BCUT2D eigenvalue weighted by Gasteiger charge is -2.41. The van der Waals surface area contributed by atoms with Crippen molar-refractivity contribution in [2.75, 3.05) is 66.6 Å². The van der Waals surface area contributed by atoms with Gasteiger partial charge in [-0.2, -0.15) is 4.31 Å². The summed E-state index contributed by atoms with van der Waals surface area (Å²) in [5.74, 6) is -0.0867. The minimum atomic E-state index is -3.91. The number of hydroxylamine groups is 2. The Labute approximate surface area is 322 Å². The Balaban J connectivity index is 1.49. The van der Waals surface area contributed by atoms with Crippen LogP contribution in [0.4, 0.5) is 0 Å². The van der Waals surface area contributed by atoms with E-state index in [-0.39, 0.29) is 23.3 Å². The van der Waals surface area contributed by atoms with Gasteiger partial charge in [-0.15, -0.1) is 0 Å². The standard InChI is InChI=1S/C38H48Cl2N6O6S/c1-5-52-32-23-26(2)33(53(49,50)46-17-7-6-8-18-46)24-31(32)38(37(48)45-21-19-44(20-22-45)25-34(47)43(3)51-4)41-35(27-9-13-29(39)14-10-27)36(42-38)28-11-15-30(40)16-12-28/h9-16,23-24,35-36,41-42H,5-8,17-22,25H2,1-4H3/t35-,36+,38?. The van der Waals surface area contributed by atoms with Gasteiger partial charge in [-0.25, -0.2) is 13.5 Å². The van der Waals surface area contributed by atoms with Gasteiger partial charge in [0.05, 0.1) is 37.2 Å². The van der Waals surface area contributed by atoms with Crippen LogP contribution in [0.5, 0.6) is 5.75 Å². The molecule has 3 aromatic rings. The van der Waals surface area contributed by atoms with Gasteiger partial charge in [0.25, 0.3) is 11.8 Å². The Morgan fingerprint density at radius 1 is 0.868 bits per heavy atom. The zero-order valence-corrected chi connectivity index (χ0v) is 32.9. The molecule has 3 aliphatic rings.